The lowest BCUT2D eigenvalue weighted by Gasteiger charge is -2.25. The largest absolute Gasteiger partial charge is 0.496 e. The van der Waals surface area contributed by atoms with Crippen LogP contribution >= 0.6 is 11.8 Å². The van der Waals surface area contributed by atoms with Gasteiger partial charge in [0.25, 0.3) is 10.0 Å². The summed E-state index contributed by atoms with van der Waals surface area (Å²) in [5.41, 5.74) is 1.89. The zero-order chi connectivity index (χ0) is 13.5. The number of fused-ring (bicyclic) bond motifs is 1. The van der Waals surface area contributed by atoms with E-state index in [9.17, 15) is 8.42 Å². The number of ether oxygens (including phenoxy) is 1. The molecule has 0 aromatic heterocycles. The Bertz CT molecular complexity index is 680. The maximum absolute atomic E-state index is 11.5. The summed E-state index contributed by atoms with van der Waals surface area (Å²) in [4.78, 5) is 1.92. The molecular weight excluding hydrogens is 284 g/mol. The summed E-state index contributed by atoms with van der Waals surface area (Å²) >= 11 is 1.33. The summed E-state index contributed by atoms with van der Waals surface area (Å²) in [5.74, 6) is 0.813. The maximum Gasteiger partial charge on any atom is 0.257 e. The number of thioether (sulfide) groups is 1. The molecule has 100 valence electrons. The Balaban J connectivity index is 2.01. The van der Waals surface area contributed by atoms with Gasteiger partial charge in [0.1, 0.15) is 5.75 Å². The van der Waals surface area contributed by atoms with Crippen LogP contribution in [0.25, 0.3) is 5.70 Å². The van der Waals surface area contributed by atoms with Gasteiger partial charge in [-0.1, -0.05) is 23.9 Å². The molecule has 2 heterocycles. The van der Waals surface area contributed by atoms with Gasteiger partial charge in [0.05, 0.1) is 18.6 Å². The minimum Gasteiger partial charge on any atom is -0.496 e. The van der Waals surface area contributed by atoms with Crippen LogP contribution in [0.15, 0.2) is 34.1 Å². The lowest BCUT2D eigenvalue weighted by Crippen LogP contribution is -2.34. The molecule has 5 nitrogen and oxygen atoms in total. The number of hydrogen-bond donors (Lipinski definition) is 0. The first-order valence-corrected chi connectivity index (χ1v) is 8.20. The zero-order valence-corrected chi connectivity index (χ0v) is 11.9. The minimum atomic E-state index is -3.30. The fraction of sp³-hybridized carbons (Fsp3) is 0.250. The van der Waals surface area contributed by atoms with Crippen LogP contribution in [0.1, 0.15) is 5.56 Å². The van der Waals surface area contributed by atoms with E-state index < -0.39 is 10.0 Å². The van der Waals surface area contributed by atoms with Gasteiger partial charge in [0.15, 0.2) is 5.17 Å². The Hall–Kier alpha value is -1.47. The molecule has 0 radical (unpaired) electrons. The molecule has 0 amide bonds. The number of para-hydroxylation sites is 1. The number of amidine groups is 1. The van der Waals surface area contributed by atoms with Crippen molar-refractivity contribution in [2.75, 3.05) is 19.4 Å². The van der Waals surface area contributed by atoms with Gasteiger partial charge < -0.3 is 9.64 Å². The Labute approximate surface area is 116 Å². The summed E-state index contributed by atoms with van der Waals surface area (Å²) in [6.07, 6.45) is 0. The number of rotatable bonds is 2. The summed E-state index contributed by atoms with van der Waals surface area (Å²) in [6, 6.07) is 7.67. The van der Waals surface area contributed by atoms with Crippen molar-refractivity contribution < 1.29 is 13.2 Å². The lowest BCUT2D eigenvalue weighted by atomic mass is 10.1. The predicted octanol–water partition coefficient (Wildman–Crippen LogP) is 1.74. The monoisotopic (exact) mass is 296 g/mol. The van der Waals surface area contributed by atoms with E-state index in [2.05, 4.69) is 4.40 Å². The van der Waals surface area contributed by atoms with Crippen molar-refractivity contribution in [1.29, 1.82) is 0 Å². The van der Waals surface area contributed by atoms with Crippen LogP contribution in [0.3, 0.4) is 0 Å². The molecule has 2 aliphatic heterocycles. The molecule has 0 spiro atoms. The van der Waals surface area contributed by atoms with E-state index in [-0.39, 0.29) is 5.75 Å². The maximum atomic E-state index is 11.5. The molecule has 2 aliphatic rings. The molecular formula is C12H12N2O3S2. The first-order chi connectivity index (χ1) is 9.11. The smallest absolute Gasteiger partial charge is 0.257 e. The Morgan fingerprint density at radius 2 is 2.16 bits per heavy atom. The molecule has 0 aliphatic carbocycles. The zero-order valence-electron chi connectivity index (χ0n) is 10.2. The van der Waals surface area contributed by atoms with E-state index in [4.69, 9.17) is 4.74 Å². The van der Waals surface area contributed by atoms with Crippen LogP contribution < -0.4 is 4.74 Å². The molecule has 3 rings (SSSR count). The second kappa shape index (κ2) is 4.57. The van der Waals surface area contributed by atoms with Crippen molar-refractivity contribution in [1.82, 2.24) is 4.90 Å². The normalized spacial score (nSPS) is 20.6. The molecule has 1 aromatic rings. The minimum absolute atomic E-state index is 0.0452. The fourth-order valence-corrected chi connectivity index (χ4v) is 4.20. The van der Waals surface area contributed by atoms with E-state index >= 15 is 0 Å². The SMILES string of the molecule is COc1ccccc1C1=CSC2=NS(=O)(=O)CCN12. The lowest BCUT2D eigenvalue weighted by molar-refractivity contribution is 0.412. The van der Waals surface area contributed by atoms with Gasteiger partial charge in [0, 0.05) is 17.5 Å². The van der Waals surface area contributed by atoms with Gasteiger partial charge in [-0.3, -0.25) is 0 Å². The second-order valence-electron chi connectivity index (χ2n) is 4.13. The van der Waals surface area contributed by atoms with E-state index in [0.717, 1.165) is 17.0 Å². The predicted molar refractivity (Wildman–Crippen MR) is 76.5 cm³/mol. The van der Waals surface area contributed by atoms with Gasteiger partial charge in [0.2, 0.25) is 0 Å². The van der Waals surface area contributed by atoms with Crippen LogP contribution in [0.4, 0.5) is 0 Å². The molecule has 0 bridgehead atoms. The van der Waals surface area contributed by atoms with Crippen molar-refractivity contribution in [3.63, 3.8) is 0 Å². The van der Waals surface area contributed by atoms with Crippen molar-refractivity contribution in [2.24, 2.45) is 4.40 Å². The molecule has 19 heavy (non-hydrogen) atoms. The third-order valence-electron chi connectivity index (χ3n) is 2.97. The van der Waals surface area contributed by atoms with Gasteiger partial charge >= 0.3 is 0 Å². The second-order valence-corrected chi connectivity index (χ2v) is 6.72. The Kier molecular flexibility index (Phi) is 3.02. The van der Waals surface area contributed by atoms with Crippen LogP contribution in [0.5, 0.6) is 5.75 Å². The number of methoxy groups -OCH3 is 1. The summed E-state index contributed by atoms with van der Waals surface area (Å²) < 4.78 is 32.1. The topological polar surface area (TPSA) is 59.0 Å². The van der Waals surface area contributed by atoms with Crippen molar-refractivity contribution in [3.05, 3.63) is 35.2 Å². The summed E-state index contributed by atoms with van der Waals surface area (Å²) in [6.45, 7) is 0.429. The van der Waals surface area contributed by atoms with Gasteiger partial charge in [-0.05, 0) is 12.1 Å². The average molecular weight is 296 g/mol. The molecule has 0 saturated carbocycles. The quantitative estimate of drug-likeness (QED) is 0.832. The highest BCUT2D eigenvalue weighted by atomic mass is 32.2. The molecule has 0 N–H and O–H groups in total. The molecule has 7 heteroatoms. The highest BCUT2D eigenvalue weighted by molar-refractivity contribution is 8.17. The van der Waals surface area contributed by atoms with Crippen molar-refractivity contribution in [3.8, 4) is 5.75 Å². The molecule has 0 saturated heterocycles. The van der Waals surface area contributed by atoms with E-state index in [1.807, 2.05) is 34.6 Å². The van der Waals surface area contributed by atoms with Gasteiger partial charge in [-0.25, -0.2) is 8.42 Å². The van der Waals surface area contributed by atoms with Gasteiger partial charge in [-0.2, -0.15) is 0 Å². The summed E-state index contributed by atoms with van der Waals surface area (Å²) in [5, 5.41) is 2.43. The number of hydrogen-bond acceptors (Lipinski definition) is 5. The van der Waals surface area contributed by atoms with E-state index in [0.29, 0.717) is 11.7 Å². The summed E-state index contributed by atoms with van der Waals surface area (Å²) in [7, 11) is -1.68. The number of nitrogens with zero attached hydrogens (tertiary/aromatic N) is 2. The van der Waals surface area contributed by atoms with Crippen LogP contribution in [-0.2, 0) is 10.0 Å². The third-order valence-corrected chi connectivity index (χ3v) is 5.10. The standard InChI is InChI=1S/C12H12N2O3S2/c1-17-11-5-3-2-4-9(11)10-8-18-12-13-19(15,16)7-6-14(10)12/h2-5,8H,6-7H2,1H3. The van der Waals surface area contributed by atoms with Crippen LogP contribution in [0.2, 0.25) is 0 Å². The first-order valence-electron chi connectivity index (χ1n) is 5.71. The molecule has 0 unspecified atom stereocenters. The van der Waals surface area contributed by atoms with Crippen LogP contribution in [-0.4, -0.2) is 37.9 Å². The molecule has 1 aromatic carbocycles. The number of sulfonamides is 1. The first kappa shape index (κ1) is 12.6. The third kappa shape index (κ3) is 2.23. The van der Waals surface area contributed by atoms with Crippen molar-refractivity contribution >= 4 is 32.6 Å². The number of benzene rings is 1. The van der Waals surface area contributed by atoms with E-state index in [1.54, 1.807) is 7.11 Å². The van der Waals surface area contributed by atoms with Crippen LogP contribution in [0, 0.1) is 0 Å². The van der Waals surface area contributed by atoms with Gasteiger partial charge in [-0.15, -0.1) is 4.40 Å². The molecule has 0 fully saturated rings. The fourth-order valence-electron chi connectivity index (χ4n) is 2.06. The molecule has 0 atom stereocenters. The highest BCUT2D eigenvalue weighted by Gasteiger charge is 2.32. The Morgan fingerprint density at radius 1 is 1.37 bits per heavy atom. The van der Waals surface area contributed by atoms with E-state index in [1.165, 1.54) is 11.8 Å². The average Bonchev–Trinajstić information content (AvgIpc) is 2.79. The highest BCUT2D eigenvalue weighted by Crippen LogP contribution is 2.38. The Morgan fingerprint density at radius 3 is 2.95 bits per heavy atom. The van der Waals surface area contributed by atoms with Crippen molar-refractivity contribution in [2.45, 2.75) is 0 Å².